The maximum absolute atomic E-state index is 12.0. The number of guanidine groups is 1. The van der Waals surface area contributed by atoms with E-state index in [-0.39, 0.29) is 12.5 Å². The number of hydrogen-bond donors (Lipinski definition) is 3. The Kier molecular flexibility index (Phi) is 7.32. The quantitative estimate of drug-likeness (QED) is 0.544. The van der Waals surface area contributed by atoms with Crippen LogP contribution in [-0.4, -0.2) is 43.0 Å². The molecule has 0 atom stereocenters. The molecule has 1 saturated carbocycles. The van der Waals surface area contributed by atoms with Gasteiger partial charge >= 0.3 is 0 Å². The highest BCUT2D eigenvalue weighted by molar-refractivity contribution is 7.09. The average Bonchev–Trinajstić information content (AvgIpc) is 2.97. The van der Waals surface area contributed by atoms with Crippen molar-refractivity contribution in [2.24, 2.45) is 4.99 Å². The van der Waals surface area contributed by atoms with E-state index in [0.29, 0.717) is 12.0 Å². The van der Waals surface area contributed by atoms with Crippen molar-refractivity contribution >= 4 is 23.2 Å². The number of hydrogen-bond acceptors (Lipinski definition) is 4. The largest absolute Gasteiger partial charge is 0.356 e. The lowest BCUT2D eigenvalue weighted by molar-refractivity contribution is -0.120. The molecule has 1 aliphatic rings. The van der Waals surface area contributed by atoms with E-state index in [1.165, 1.54) is 19.3 Å². The second-order valence-electron chi connectivity index (χ2n) is 5.86. The molecule has 0 saturated heterocycles. The van der Waals surface area contributed by atoms with Gasteiger partial charge in [0.25, 0.3) is 0 Å². The molecule has 1 amide bonds. The molecule has 0 spiro atoms. The molecule has 0 unspecified atom stereocenters. The van der Waals surface area contributed by atoms with Gasteiger partial charge in [-0.2, -0.15) is 0 Å². The molecule has 6 nitrogen and oxygen atoms in total. The Balaban J connectivity index is 1.63. The van der Waals surface area contributed by atoms with Crippen molar-refractivity contribution in [1.29, 1.82) is 0 Å². The fraction of sp³-hybridized carbons (Fsp3) is 0.688. The van der Waals surface area contributed by atoms with Crippen molar-refractivity contribution < 1.29 is 4.79 Å². The zero-order chi connectivity index (χ0) is 16.5. The average molecular weight is 337 g/mol. The van der Waals surface area contributed by atoms with Gasteiger partial charge in [-0.05, 0) is 19.8 Å². The van der Waals surface area contributed by atoms with Crippen molar-refractivity contribution in [2.45, 2.75) is 51.5 Å². The lowest BCUT2D eigenvalue weighted by Gasteiger charge is -2.23. The standard InChI is InChI=1S/C16H27N5OS/c1-12-20-14(11-23-12)8-9-18-16(17-2)19-10-15(22)21-13-6-4-3-5-7-13/h11,13H,3-10H2,1-2H3,(H,21,22)(H2,17,18,19). The Hall–Kier alpha value is -1.63. The third-order valence-corrected chi connectivity index (χ3v) is 4.77. The molecule has 1 aromatic rings. The summed E-state index contributed by atoms with van der Waals surface area (Å²) in [6.45, 7) is 3.01. The lowest BCUT2D eigenvalue weighted by Crippen LogP contribution is -2.46. The Labute approximate surface area is 142 Å². The Morgan fingerprint density at radius 1 is 1.35 bits per heavy atom. The highest BCUT2D eigenvalue weighted by atomic mass is 32.1. The van der Waals surface area contributed by atoms with Crippen molar-refractivity contribution in [2.75, 3.05) is 20.1 Å². The summed E-state index contributed by atoms with van der Waals surface area (Å²) in [7, 11) is 1.71. The number of nitrogens with one attached hydrogen (secondary N) is 3. The first-order valence-electron chi connectivity index (χ1n) is 8.32. The summed E-state index contributed by atoms with van der Waals surface area (Å²) >= 11 is 1.66. The third-order valence-electron chi connectivity index (χ3n) is 3.95. The van der Waals surface area contributed by atoms with Crippen LogP contribution in [0.2, 0.25) is 0 Å². The molecule has 0 aromatic carbocycles. The molecule has 2 rings (SSSR count). The molecular weight excluding hydrogens is 310 g/mol. The minimum absolute atomic E-state index is 0.0370. The van der Waals surface area contributed by atoms with Gasteiger partial charge in [-0.3, -0.25) is 9.79 Å². The molecule has 3 N–H and O–H groups in total. The number of carbonyl (C=O) groups excluding carboxylic acids is 1. The van der Waals surface area contributed by atoms with Gasteiger partial charge < -0.3 is 16.0 Å². The van der Waals surface area contributed by atoms with Crippen LogP contribution >= 0.6 is 11.3 Å². The van der Waals surface area contributed by atoms with Crippen LogP contribution in [0, 0.1) is 6.92 Å². The summed E-state index contributed by atoms with van der Waals surface area (Å²) in [5, 5.41) is 12.5. The van der Waals surface area contributed by atoms with E-state index in [9.17, 15) is 4.79 Å². The van der Waals surface area contributed by atoms with E-state index in [4.69, 9.17) is 0 Å². The minimum Gasteiger partial charge on any atom is -0.356 e. The smallest absolute Gasteiger partial charge is 0.239 e. The monoisotopic (exact) mass is 337 g/mol. The van der Waals surface area contributed by atoms with E-state index in [1.807, 2.05) is 6.92 Å². The maximum atomic E-state index is 12.0. The van der Waals surface area contributed by atoms with Gasteiger partial charge in [-0.1, -0.05) is 19.3 Å². The molecule has 0 radical (unpaired) electrons. The van der Waals surface area contributed by atoms with Crippen molar-refractivity contribution in [3.8, 4) is 0 Å². The molecule has 0 bridgehead atoms. The zero-order valence-corrected chi connectivity index (χ0v) is 14.8. The van der Waals surface area contributed by atoms with E-state index < -0.39 is 0 Å². The number of nitrogens with zero attached hydrogens (tertiary/aromatic N) is 2. The number of aromatic nitrogens is 1. The van der Waals surface area contributed by atoms with Crippen LogP contribution < -0.4 is 16.0 Å². The van der Waals surface area contributed by atoms with Gasteiger partial charge in [0, 0.05) is 31.4 Å². The molecule has 7 heteroatoms. The number of rotatable bonds is 6. The number of aryl methyl sites for hydroxylation is 1. The molecule has 23 heavy (non-hydrogen) atoms. The topological polar surface area (TPSA) is 78.4 Å². The normalized spacial score (nSPS) is 16.2. The number of aliphatic imine (C=N–C) groups is 1. The molecular formula is C16H27N5OS. The molecule has 128 valence electrons. The van der Waals surface area contributed by atoms with Gasteiger partial charge in [-0.25, -0.2) is 4.98 Å². The van der Waals surface area contributed by atoms with Crippen LogP contribution in [-0.2, 0) is 11.2 Å². The van der Waals surface area contributed by atoms with E-state index in [0.717, 1.165) is 36.5 Å². The minimum atomic E-state index is 0.0370. The van der Waals surface area contributed by atoms with Crippen molar-refractivity contribution in [3.63, 3.8) is 0 Å². The molecule has 0 aliphatic heterocycles. The lowest BCUT2D eigenvalue weighted by atomic mass is 9.95. The zero-order valence-electron chi connectivity index (χ0n) is 14.0. The summed E-state index contributed by atoms with van der Waals surface area (Å²) in [4.78, 5) is 20.5. The van der Waals surface area contributed by atoms with Crippen molar-refractivity contribution in [3.05, 3.63) is 16.1 Å². The van der Waals surface area contributed by atoms with Gasteiger partial charge in [-0.15, -0.1) is 11.3 Å². The number of carbonyl (C=O) groups is 1. The predicted octanol–water partition coefficient (Wildman–Crippen LogP) is 1.61. The van der Waals surface area contributed by atoms with Gasteiger partial charge in [0.2, 0.25) is 5.91 Å². The Morgan fingerprint density at radius 3 is 2.78 bits per heavy atom. The van der Waals surface area contributed by atoms with Crippen LogP contribution in [0.1, 0.15) is 42.8 Å². The second-order valence-corrected chi connectivity index (χ2v) is 6.93. The number of amides is 1. The van der Waals surface area contributed by atoms with Gasteiger partial charge in [0.05, 0.1) is 17.2 Å². The molecule has 1 aliphatic carbocycles. The fourth-order valence-electron chi connectivity index (χ4n) is 2.74. The Bertz CT molecular complexity index is 522. The summed E-state index contributed by atoms with van der Waals surface area (Å²) < 4.78 is 0. The maximum Gasteiger partial charge on any atom is 0.239 e. The third kappa shape index (κ3) is 6.56. The first-order chi connectivity index (χ1) is 11.2. The summed E-state index contributed by atoms with van der Waals surface area (Å²) in [5.41, 5.74) is 1.09. The van der Waals surface area contributed by atoms with Crippen LogP contribution in [0.3, 0.4) is 0 Å². The summed E-state index contributed by atoms with van der Waals surface area (Å²) in [6, 6.07) is 0.348. The van der Waals surface area contributed by atoms with E-state index in [1.54, 1.807) is 18.4 Å². The Morgan fingerprint density at radius 2 is 2.13 bits per heavy atom. The number of thiazole rings is 1. The van der Waals surface area contributed by atoms with Crippen LogP contribution in [0.15, 0.2) is 10.4 Å². The first kappa shape index (κ1) is 17.7. The van der Waals surface area contributed by atoms with Crippen LogP contribution in [0.5, 0.6) is 0 Å². The van der Waals surface area contributed by atoms with Gasteiger partial charge in [0.15, 0.2) is 5.96 Å². The van der Waals surface area contributed by atoms with E-state index in [2.05, 4.69) is 31.3 Å². The summed E-state index contributed by atoms with van der Waals surface area (Å²) in [5.74, 6) is 0.686. The second kappa shape index (κ2) is 9.50. The highest BCUT2D eigenvalue weighted by Crippen LogP contribution is 2.17. The fourth-order valence-corrected chi connectivity index (χ4v) is 3.39. The molecule has 1 aromatic heterocycles. The SMILES string of the molecule is CN=C(NCCc1csc(C)n1)NCC(=O)NC1CCCCC1. The molecule has 1 heterocycles. The van der Waals surface area contributed by atoms with Gasteiger partial charge in [0.1, 0.15) is 0 Å². The van der Waals surface area contributed by atoms with Crippen LogP contribution in [0.25, 0.3) is 0 Å². The van der Waals surface area contributed by atoms with Crippen molar-refractivity contribution in [1.82, 2.24) is 20.9 Å². The van der Waals surface area contributed by atoms with E-state index >= 15 is 0 Å². The predicted molar refractivity (Wildman–Crippen MR) is 94.9 cm³/mol. The van der Waals surface area contributed by atoms with Crippen LogP contribution in [0.4, 0.5) is 0 Å². The first-order valence-corrected chi connectivity index (χ1v) is 9.20. The summed E-state index contributed by atoms with van der Waals surface area (Å²) in [6.07, 6.45) is 6.78. The highest BCUT2D eigenvalue weighted by Gasteiger charge is 2.15. The molecule has 1 fully saturated rings.